The Bertz CT molecular complexity index is 1300. The molecule has 1 fully saturated rings. The van der Waals surface area contributed by atoms with Crippen molar-refractivity contribution in [3.63, 3.8) is 0 Å². The zero-order valence-corrected chi connectivity index (χ0v) is 20.2. The second kappa shape index (κ2) is 10.5. The number of rotatable bonds is 7. The van der Waals surface area contributed by atoms with Crippen molar-refractivity contribution >= 4 is 52.2 Å². The Balaban J connectivity index is 1.53. The minimum absolute atomic E-state index is 0.00660. The molecule has 0 atom stereocenters. The average Bonchev–Trinajstić information content (AvgIpc) is 3.08. The van der Waals surface area contributed by atoms with Crippen LogP contribution in [0.3, 0.4) is 0 Å². The molecule has 0 aliphatic carbocycles. The summed E-state index contributed by atoms with van der Waals surface area (Å²) in [5.74, 6) is 0.0646. The molecule has 0 unspecified atom stereocenters. The Hall–Kier alpha value is -3.00. The molecule has 174 valence electrons. The summed E-state index contributed by atoms with van der Waals surface area (Å²) < 4.78 is 25.0. The molecule has 1 heterocycles. The van der Waals surface area contributed by atoms with Crippen molar-refractivity contribution in [1.82, 2.24) is 4.90 Å². The van der Waals surface area contributed by atoms with Crippen molar-refractivity contribution < 1.29 is 23.5 Å². The van der Waals surface area contributed by atoms with Crippen LogP contribution in [0.1, 0.15) is 16.7 Å². The third-order valence-electron chi connectivity index (χ3n) is 5.02. The second-order valence-corrected chi connectivity index (χ2v) is 9.11. The van der Waals surface area contributed by atoms with Crippen molar-refractivity contribution in [3.05, 3.63) is 98.1 Å². The lowest BCUT2D eigenvalue weighted by atomic mass is 10.1. The number of methoxy groups -OCH3 is 1. The minimum atomic E-state index is -0.411. The average molecular weight is 518 g/mol. The molecule has 0 aromatic heterocycles. The molecular formula is C25H18Cl2FNO4S. The predicted molar refractivity (Wildman–Crippen MR) is 132 cm³/mol. The van der Waals surface area contributed by atoms with Crippen LogP contribution in [0.5, 0.6) is 11.5 Å². The maximum absolute atomic E-state index is 13.9. The van der Waals surface area contributed by atoms with Gasteiger partial charge in [0.2, 0.25) is 0 Å². The van der Waals surface area contributed by atoms with E-state index in [2.05, 4.69) is 0 Å². The van der Waals surface area contributed by atoms with E-state index < -0.39 is 5.91 Å². The molecule has 3 aromatic carbocycles. The number of nitrogens with zero attached hydrogens (tertiary/aromatic N) is 1. The Morgan fingerprint density at radius 2 is 1.79 bits per heavy atom. The van der Waals surface area contributed by atoms with E-state index in [1.807, 2.05) is 0 Å². The van der Waals surface area contributed by atoms with E-state index in [4.69, 9.17) is 32.7 Å². The smallest absolute Gasteiger partial charge is 0.293 e. The zero-order chi connectivity index (χ0) is 24.2. The van der Waals surface area contributed by atoms with Crippen LogP contribution in [-0.4, -0.2) is 23.2 Å². The van der Waals surface area contributed by atoms with E-state index in [9.17, 15) is 14.0 Å². The Labute approximate surface area is 210 Å². The Kier molecular flexibility index (Phi) is 7.46. The van der Waals surface area contributed by atoms with E-state index in [0.717, 1.165) is 16.7 Å². The predicted octanol–water partition coefficient (Wildman–Crippen LogP) is 6.96. The van der Waals surface area contributed by atoms with Crippen molar-refractivity contribution in [1.29, 1.82) is 0 Å². The molecule has 0 saturated carbocycles. The zero-order valence-electron chi connectivity index (χ0n) is 17.9. The lowest BCUT2D eigenvalue weighted by Gasteiger charge is -2.13. The summed E-state index contributed by atoms with van der Waals surface area (Å²) in [7, 11) is 1.50. The van der Waals surface area contributed by atoms with Gasteiger partial charge in [0.15, 0.2) is 11.5 Å². The van der Waals surface area contributed by atoms with Crippen molar-refractivity contribution in [2.45, 2.75) is 13.2 Å². The molecule has 1 aliphatic rings. The van der Waals surface area contributed by atoms with Crippen molar-refractivity contribution in [2.24, 2.45) is 0 Å². The number of benzene rings is 3. The maximum Gasteiger partial charge on any atom is 0.293 e. The first-order valence-electron chi connectivity index (χ1n) is 10.1. The van der Waals surface area contributed by atoms with Crippen LogP contribution >= 0.6 is 35.0 Å². The number of carbonyl (C=O) groups excluding carboxylic acids is 2. The van der Waals surface area contributed by atoms with Crippen LogP contribution in [0, 0.1) is 5.82 Å². The lowest BCUT2D eigenvalue weighted by Crippen LogP contribution is -2.27. The summed E-state index contributed by atoms with van der Waals surface area (Å²) in [5, 5.41) is 0.363. The first-order valence-corrected chi connectivity index (χ1v) is 11.7. The van der Waals surface area contributed by atoms with E-state index in [-0.39, 0.29) is 29.1 Å². The van der Waals surface area contributed by atoms with Gasteiger partial charge in [-0.2, -0.15) is 0 Å². The number of amides is 2. The highest BCUT2D eigenvalue weighted by Gasteiger charge is 2.35. The molecule has 9 heteroatoms. The van der Waals surface area contributed by atoms with Gasteiger partial charge in [-0.1, -0.05) is 53.5 Å². The third kappa shape index (κ3) is 5.38. The number of hydrogen-bond donors (Lipinski definition) is 0. The molecule has 0 N–H and O–H groups in total. The summed E-state index contributed by atoms with van der Waals surface area (Å²) in [6.07, 6.45) is 1.61. The molecule has 34 heavy (non-hydrogen) atoms. The van der Waals surface area contributed by atoms with E-state index >= 15 is 0 Å². The number of hydrogen-bond acceptors (Lipinski definition) is 5. The monoisotopic (exact) mass is 517 g/mol. The van der Waals surface area contributed by atoms with Crippen LogP contribution in [0.4, 0.5) is 9.18 Å². The van der Waals surface area contributed by atoms with Gasteiger partial charge in [-0.05, 0) is 59.3 Å². The minimum Gasteiger partial charge on any atom is -0.493 e. The van der Waals surface area contributed by atoms with Gasteiger partial charge in [0.25, 0.3) is 11.1 Å². The second-order valence-electron chi connectivity index (χ2n) is 7.31. The number of carbonyl (C=O) groups is 2. The fraction of sp³-hybridized carbons (Fsp3) is 0.120. The summed E-state index contributed by atoms with van der Waals surface area (Å²) >= 11 is 12.8. The quantitative estimate of drug-likeness (QED) is 0.317. The lowest BCUT2D eigenvalue weighted by molar-refractivity contribution is -0.123. The van der Waals surface area contributed by atoms with Crippen molar-refractivity contribution in [3.8, 4) is 11.5 Å². The standard InChI is InChI=1S/C25H18Cl2FNO4S/c1-32-21-9-7-15(11-22(21)33-14-17-4-2-3-5-20(17)28)12-23-24(30)29(25(31)34-23)13-16-6-8-18(26)19(27)10-16/h2-12H,13-14H2,1H3/b23-12-. The van der Waals surface area contributed by atoms with Gasteiger partial charge in [-0.25, -0.2) is 4.39 Å². The summed E-state index contributed by atoms with van der Waals surface area (Å²) in [5.41, 5.74) is 1.72. The normalized spacial score (nSPS) is 14.7. The molecule has 5 nitrogen and oxygen atoms in total. The largest absolute Gasteiger partial charge is 0.493 e. The number of ether oxygens (including phenoxy) is 2. The molecule has 0 radical (unpaired) electrons. The highest BCUT2D eigenvalue weighted by Crippen LogP contribution is 2.36. The molecule has 1 saturated heterocycles. The van der Waals surface area contributed by atoms with E-state index in [0.29, 0.717) is 38.2 Å². The highest BCUT2D eigenvalue weighted by atomic mass is 35.5. The van der Waals surface area contributed by atoms with Crippen LogP contribution in [0.2, 0.25) is 10.0 Å². The van der Waals surface area contributed by atoms with Gasteiger partial charge >= 0.3 is 0 Å². The summed E-state index contributed by atoms with van der Waals surface area (Å²) in [6.45, 7) is 0.0885. The topological polar surface area (TPSA) is 55.8 Å². The maximum atomic E-state index is 13.9. The van der Waals surface area contributed by atoms with Crippen LogP contribution in [-0.2, 0) is 17.9 Å². The summed E-state index contributed by atoms with van der Waals surface area (Å²) in [6, 6.07) is 16.4. The van der Waals surface area contributed by atoms with Gasteiger partial charge in [0, 0.05) is 5.56 Å². The van der Waals surface area contributed by atoms with Gasteiger partial charge in [0.05, 0.1) is 28.6 Å². The first-order chi connectivity index (χ1) is 16.4. The Morgan fingerprint density at radius 1 is 1.00 bits per heavy atom. The van der Waals surface area contributed by atoms with Crippen LogP contribution < -0.4 is 9.47 Å². The van der Waals surface area contributed by atoms with Crippen molar-refractivity contribution in [2.75, 3.05) is 7.11 Å². The summed E-state index contributed by atoms with van der Waals surface area (Å²) in [4.78, 5) is 26.8. The van der Waals surface area contributed by atoms with Crippen LogP contribution in [0.15, 0.2) is 65.6 Å². The molecule has 0 spiro atoms. The highest BCUT2D eigenvalue weighted by molar-refractivity contribution is 8.18. The Morgan fingerprint density at radius 3 is 2.53 bits per heavy atom. The first kappa shape index (κ1) is 24.1. The molecule has 0 bridgehead atoms. The fourth-order valence-electron chi connectivity index (χ4n) is 3.28. The molecule has 2 amide bonds. The SMILES string of the molecule is COc1ccc(/C=C2\SC(=O)N(Cc3ccc(Cl)c(Cl)c3)C2=O)cc1OCc1ccccc1F. The number of imide groups is 1. The molecular weight excluding hydrogens is 500 g/mol. The van der Waals surface area contributed by atoms with E-state index in [1.54, 1.807) is 60.7 Å². The van der Waals surface area contributed by atoms with Crippen LogP contribution in [0.25, 0.3) is 6.08 Å². The van der Waals surface area contributed by atoms with Gasteiger partial charge in [-0.3, -0.25) is 14.5 Å². The number of halogens is 3. The van der Waals surface area contributed by atoms with E-state index in [1.165, 1.54) is 13.2 Å². The molecule has 3 aromatic rings. The van der Waals surface area contributed by atoms with Gasteiger partial charge in [0.1, 0.15) is 12.4 Å². The number of thioether (sulfide) groups is 1. The fourth-order valence-corrected chi connectivity index (χ4v) is 4.43. The third-order valence-corrected chi connectivity index (χ3v) is 6.67. The molecule has 4 rings (SSSR count). The van der Waals surface area contributed by atoms with Gasteiger partial charge < -0.3 is 9.47 Å². The van der Waals surface area contributed by atoms with Gasteiger partial charge in [-0.15, -0.1) is 0 Å². The molecule has 1 aliphatic heterocycles.